The molecule has 0 saturated carbocycles. The van der Waals surface area contributed by atoms with Crippen molar-refractivity contribution in [2.24, 2.45) is 0 Å². The van der Waals surface area contributed by atoms with Gasteiger partial charge in [0.05, 0.1) is 17.6 Å². The van der Waals surface area contributed by atoms with Crippen LogP contribution in [0.2, 0.25) is 0 Å². The van der Waals surface area contributed by atoms with Gasteiger partial charge in [0.1, 0.15) is 5.82 Å². The molecule has 0 bridgehead atoms. The van der Waals surface area contributed by atoms with Crippen LogP contribution in [0.15, 0.2) is 84.9 Å². The Morgan fingerprint density at radius 1 is 0.767 bits per heavy atom. The first-order valence-electron chi connectivity index (χ1n) is 11.1. The van der Waals surface area contributed by atoms with Crippen LogP contribution in [0.25, 0.3) is 11.0 Å². The van der Waals surface area contributed by atoms with E-state index >= 15 is 0 Å². The second-order valence-electron chi connectivity index (χ2n) is 8.35. The van der Waals surface area contributed by atoms with Crippen LogP contribution in [-0.2, 0) is 18.5 Å². The van der Waals surface area contributed by atoms with E-state index in [1.165, 1.54) is 22.5 Å². The molecule has 1 fully saturated rings. The molecule has 0 amide bonds. The zero-order chi connectivity index (χ0) is 20.4. The quantitative estimate of drug-likeness (QED) is 0.436. The van der Waals surface area contributed by atoms with Crippen molar-refractivity contribution in [3.8, 4) is 0 Å². The van der Waals surface area contributed by atoms with Crippen molar-refractivity contribution in [2.45, 2.75) is 38.3 Å². The van der Waals surface area contributed by atoms with Gasteiger partial charge in [-0.05, 0) is 56.1 Å². The van der Waals surface area contributed by atoms with Gasteiger partial charge in [-0.1, -0.05) is 72.8 Å². The number of imidazole rings is 1. The molecule has 0 atom stereocenters. The molecule has 3 nitrogen and oxygen atoms in total. The molecule has 0 aliphatic carbocycles. The Bertz CT molecular complexity index is 1070. The van der Waals surface area contributed by atoms with E-state index in [-0.39, 0.29) is 5.41 Å². The molecule has 0 N–H and O–H groups in total. The summed E-state index contributed by atoms with van der Waals surface area (Å²) in [4.78, 5) is 7.53. The predicted molar refractivity (Wildman–Crippen MR) is 124 cm³/mol. The summed E-state index contributed by atoms with van der Waals surface area (Å²) >= 11 is 0. The highest BCUT2D eigenvalue weighted by Gasteiger charge is 2.37. The van der Waals surface area contributed by atoms with E-state index < -0.39 is 0 Å². The summed E-state index contributed by atoms with van der Waals surface area (Å²) < 4.78 is 2.37. The van der Waals surface area contributed by atoms with Gasteiger partial charge in [-0.3, -0.25) is 4.90 Å². The van der Waals surface area contributed by atoms with Gasteiger partial charge in [0.15, 0.2) is 0 Å². The van der Waals surface area contributed by atoms with Crippen LogP contribution in [0, 0.1) is 0 Å². The Morgan fingerprint density at radius 3 is 1.93 bits per heavy atom. The third-order valence-electron chi connectivity index (χ3n) is 6.78. The first-order chi connectivity index (χ1) is 14.8. The topological polar surface area (TPSA) is 21.1 Å². The molecule has 152 valence electrons. The molecule has 3 heteroatoms. The number of benzene rings is 3. The summed E-state index contributed by atoms with van der Waals surface area (Å²) in [7, 11) is 0. The summed E-state index contributed by atoms with van der Waals surface area (Å²) in [6.07, 6.45) is 2.26. The van der Waals surface area contributed by atoms with E-state index in [1.807, 2.05) is 0 Å². The molecule has 0 unspecified atom stereocenters. The van der Waals surface area contributed by atoms with E-state index in [2.05, 4.69) is 101 Å². The standard InChI is InChI=1S/C27H29N3/c1-2-30-25-16-10-9-15-24(25)28-26(30)21-29-19-17-27(18-20-29,22-11-5-3-6-12-22)23-13-7-4-8-14-23/h3-16H,2,17-21H2,1H3. The summed E-state index contributed by atoms with van der Waals surface area (Å²) in [5, 5.41) is 0. The van der Waals surface area contributed by atoms with E-state index in [4.69, 9.17) is 4.98 Å². The lowest BCUT2D eigenvalue weighted by molar-refractivity contribution is 0.167. The third-order valence-corrected chi connectivity index (χ3v) is 6.78. The van der Waals surface area contributed by atoms with Crippen LogP contribution in [-0.4, -0.2) is 27.5 Å². The molecule has 0 radical (unpaired) electrons. The molecule has 4 aromatic rings. The number of hydrogen-bond donors (Lipinski definition) is 0. The number of rotatable bonds is 5. The molecular weight excluding hydrogens is 366 g/mol. The van der Waals surface area contributed by atoms with Crippen molar-refractivity contribution in [1.29, 1.82) is 0 Å². The van der Waals surface area contributed by atoms with Crippen LogP contribution in [0.4, 0.5) is 0 Å². The number of nitrogens with zero attached hydrogens (tertiary/aromatic N) is 3. The third kappa shape index (κ3) is 3.33. The molecule has 1 aliphatic heterocycles. The van der Waals surface area contributed by atoms with Crippen LogP contribution in [0.5, 0.6) is 0 Å². The Morgan fingerprint density at radius 2 is 1.33 bits per heavy atom. The highest BCUT2D eigenvalue weighted by Crippen LogP contribution is 2.41. The molecule has 2 heterocycles. The molecule has 5 rings (SSSR count). The van der Waals surface area contributed by atoms with Crippen molar-refractivity contribution in [1.82, 2.24) is 14.5 Å². The van der Waals surface area contributed by atoms with Crippen molar-refractivity contribution >= 4 is 11.0 Å². The lowest BCUT2D eigenvalue weighted by Crippen LogP contribution is -2.43. The first kappa shape index (κ1) is 19.1. The molecule has 1 aromatic heterocycles. The van der Waals surface area contributed by atoms with Gasteiger partial charge in [0, 0.05) is 12.0 Å². The monoisotopic (exact) mass is 395 g/mol. The lowest BCUT2D eigenvalue weighted by atomic mass is 9.68. The highest BCUT2D eigenvalue weighted by atomic mass is 15.2. The largest absolute Gasteiger partial charge is 0.327 e. The van der Waals surface area contributed by atoms with Crippen molar-refractivity contribution < 1.29 is 0 Å². The maximum atomic E-state index is 4.95. The maximum Gasteiger partial charge on any atom is 0.124 e. The number of fused-ring (bicyclic) bond motifs is 1. The summed E-state index contributed by atoms with van der Waals surface area (Å²) in [5.41, 5.74) is 5.33. The molecular formula is C27H29N3. The number of piperidine rings is 1. The van der Waals surface area contributed by atoms with Gasteiger partial charge in [-0.25, -0.2) is 4.98 Å². The highest BCUT2D eigenvalue weighted by molar-refractivity contribution is 5.75. The number of para-hydroxylation sites is 2. The van der Waals surface area contributed by atoms with Crippen LogP contribution < -0.4 is 0 Å². The van der Waals surface area contributed by atoms with Crippen molar-refractivity contribution in [3.63, 3.8) is 0 Å². The van der Waals surface area contributed by atoms with Gasteiger partial charge in [-0.2, -0.15) is 0 Å². The molecule has 0 spiro atoms. The van der Waals surface area contributed by atoms with Crippen LogP contribution in [0.1, 0.15) is 36.7 Å². The number of hydrogen-bond acceptors (Lipinski definition) is 2. The van der Waals surface area contributed by atoms with Crippen molar-refractivity contribution in [2.75, 3.05) is 13.1 Å². The van der Waals surface area contributed by atoms with Crippen LogP contribution >= 0.6 is 0 Å². The number of likely N-dealkylation sites (tertiary alicyclic amines) is 1. The lowest BCUT2D eigenvalue weighted by Gasteiger charge is -2.43. The second-order valence-corrected chi connectivity index (χ2v) is 8.35. The second kappa shape index (κ2) is 8.08. The minimum absolute atomic E-state index is 0.101. The average Bonchev–Trinajstić information content (AvgIpc) is 3.18. The fourth-order valence-electron chi connectivity index (χ4n) is 5.15. The molecule has 3 aromatic carbocycles. The number of aromatic nitrogens is 2. The molecule has 30 heavy (non-hydrogen) atoms. The van der Waals surface area contributed by atoms with Gasteiger partial charge >= 0.3 is 0 Å². The summed E-state index contributed by atoms with van der Waals surface area (Å²) in [5.74, 6) is 1.19. The summed E-state index contributed by atoms with van der Waals surface area (Å²) in [6, 6.07) is 30.6. The van der Waals surface area contributed by atoms with Gasteiger partial charge in [-0.15, -0.1) is 0 Å². The number of aryl methyl sites for hydroxylation is 1. The normalized spacial score (nSPS) is 16.7. The predicted octanol–water partition coefficient (Wildman–Crippen LogP) is 5.64. The Labute approximate surface area is 179 Å². The van der Waals surface area contributed by atoms with Gasteiger partial charge in [0.2, 0.25) is 0 Å². The first-order valence-corrected chi connectivity index (χ1v) is 11.1. The van der Waals surface area contributed by atoms with Gasteiger partial charge < -0.3 is 4.57 Å². The zero-order valence-electron chi connectivity index (χ0n) is 17.7. The smallest absolute Gasteiger partial charge is 0.124 e. The SMILES string of the molecule is CCn1c(CN2CCC(c3ccccc3)(c3ccccc3)CC2)nc2ccccc21. The summed E-state index contributed by atoms with van der Waals surface area (Å²) in [6.45, 7) is 6.25. The van der Waals surface area contributed by atoms with E-state index in [0.717, 1.165) is 44.5 Å². The van der Waals surface area contributed by atoms with E-state index in [9.17, 15) is 0 Å². The van der Waals surface area contributed by atoms with Gasteiger partial charge in [0.25, 0.3) is 0 Å². The zero-order valence-corrected chi connectivity index (χ0v) is 17.7. The minimum Gasteiger partial charge on any atom is -0.327 e. The molecule has 1 aliphatic rings. The Kier molecular flexibility index (Phi) is 5.14. The van der Waals surface area contributed by atoms with E-state index in [1.54, 1.807) is 0 Å². The Balaban J connectivity index is 1.41. The van der Waals surface area contributed by atoms with Crippen molar-refractivity contribution in [3.05, 3.63) is 102 Å². The average molecular weight is 396 g/mol. The molecule has 1 saturated heterocycles. The maximum absolute atomic E-state index is 4.95. The fourth-order valence-corrected chi connectivity index (χ4v) is 5.15. The minimum atomic E-state index is 0.101. The van der Waals surface area contributed by atoms with E-state index in [0.29, 0.717) is 0 Å². The Hall–Kier alpha value is -2.91. The van der Waals surface area contributed by atoms with Crippen LogP contribution in [0.3, 0.4) is 0 Å². The fraction of sp³-hybridized carbons (Fsp3) is 0.296.